The van der Waals surface area contributed by atoms with Crippen LogP contribution in [0.3, 0.4) is 0 Å². The predicted molar refractivity (Wildman–Crippen MR) is 332 cm³/mol. The molecule has 4 aromatic carbocycles. The molecule has 0 unspecified atom stereocenters. The summed E-state index contributed by atoms with van der Waals surface area (Å²) in [6.45, 7) is 27.8. The average molecular weight is 1140 g/mol. The van der Waals surface area contributed by atoms with Crippen LogP contribution < -0.4 is 26.5 Å². The Hall–Kier alpha value is -7.19. The normalized spacial score (nSPS) is 18.2. The largest absolute Gasteiger partial charge is 0.444 e. The van der Waals surface area contributed by atoms with Gasteiger partial charge in [0.25, 0.3) is 16.6 Å². The topological polar surface area (TPSA) is 187 Å². The molecule has 82 heavy (non-hydrogen) atoms. The highest BCUT2D eigenvalue weighted by Crippen LogP contribution is 2.45. The van der Waals surface area contributed by atoms with Crippen molar-refractivity contribution in [1.29, 1.82) is 0 Å². The molecule has 4 atom stereocenters. The van der Waals surface area contributed by atoms with E-state index in [-0.39, 0.29) is 46.4 Å². The molecule has 432 valence electrons. The quantitative estimate of drug-likeness (QED) is 0.0988. The molecule has 2 fully saturated rings. The van der Waals surface area contributed by atoms with Gasteiger partial charge in [-0.05, 0) is 105 Å². The maximum atomic E-state index is 13.9. The van der Waals surface area contributed by atoms with Gasteiger partial charge in [0.05, 0.1) is 59.6 Å². The summed E-state index contributed by atoms with van der Waals surface area (Å²) in [4.78, 5) is 55.6. The minimum absolute atomic E-state index is 0.149. The zero-order valence-electron chi connectivity index (χ0n) is 50.1. The Balaban J connectivity index is 0.000000198. The minimum Gasteiger partial charge on any atom is -0.444 e. The highest BCUT2D eigenvalue weighted by Gasteiger charge is 2.53. The van der Waals surface area contributed by atoms with Crippen LogP contribution in [-0.2, 0) is 18.3 Å². The first-order valence-corrected chi connectivity index (χ1v) is 32.5. The van der Waals surface area contributed by atoms with E-state index >= 15 is 0 Å². The third kappa shape index (κ3) is 12.0. The predicted octanol–water partition coefficient (Wildman–Crippen LogP) is 11.8. The van der Waals surface area contributed by atoms with E-state index in [1.165, 1.54) is 27.1 Å². The fourth-order valence-corrected chi connectivity index (χ4v) is 21.6. The molecule has 6 heterocycles. The highest BCUT2D eigenvalue weighted by molar-refractivity contribution is 7.00. The lowest BCUT2D eigenvalue weighted by Crippen LogP contribution is -2.67. The molecule has 2 aliphatic heterocycles. The number of nitrogens with one attached hydrogen (secondary N) is 2. The number of likely N-dealkylation sites (tertiary alicyclic amines) is 2. The maximum Gasteiger partial charge on any atom is 0.411 e. The third-order valence-electron chi connectivity index (χ3n) is 16.0. The monoisotopic (exact) mass is 1140 g/mol. The number of fused-ring (bicyclic) bond motifs is 2. The van der Waals surface area contributed by atoms with Crippen molar-refractivity contribution in [2.45, 2.75) is 161 Å². The SMILES string of the molecule is CC(C)(C)OC(=O)N1[C@H](CO[Si](c2ccccc2)(c2ccccc2)C(C)(C)C)CC[C@@H]1c1c[nH]c2c(N)ncnc12.Cc1ncnc2c([C@H]3CC[C@@H](CO[Si](c4ccccc4)(c4ccccc4)C(C)(C)C)N3C(=O)OC(C)(C)C)c[nH]c12. The fraction of sp³-hybridized carbons (Fsp3) is 0.415. The van der Waals surface area contributed by atoms with E-state index in [9.17, 15) is 9.59 Å². The highest BCUT2D eigenvalue weighted by atomic mass is 28.4. The van der Waals surface area contributed by atoms with Gasteiger partial charge in [-0.1, -0.05) is 163 Å². The number of nitrogens with two attached hydrogens (primary N) is 1. The molecule has 0 radical (unpaired) electrons. The molecular formula is C65H83N9O6Si2. The van der Waals surface area contributed by atoms with E-state index in [0.717, 1.165) is 59.1 Å². The van der Waals surface area contributed by atoms with Gasteiger partial charge < -0.3 is 34.0 Å². The molecule has 2 amide bonds. The lowest BCUT2D eigenvalue weighted by molar-refractivity contribution is 0.00869. The molecule has 10 rings (SSSR count). The Morgan fingerprint density at radius 2 is 0.854 bits per heavy atom. The summed E-state index contributed by atoms with van der Waals surface area (Å²) in [6.07, 6.45) is 9.37. The van der Waals surface area contributed by atoms with E-state index in [1.54, 1.807) is 6.33 Å². The summed E-state index contributed by atoms with van der Waals surface area (Å²) in [6, 6.07) is 41.7. The summed E-state index contributed by atoms with van der Waals surface area (Å²) < 4.78 is 26.5. The van der Waals surface area contributed by atoms with E-state index in [0.29, 0.717) is 24.5 Å². The number of hydrogen-bond acceptors (Lipinski definition) is 11. The Labute approximate surface area is 486 Å². The molecule has 0 bridgehead atoms. The van der Waals surface area contributed by atoms with Crippen molar-refractivity contribution in [1.82, 2.24) is 39.7 Å². The standard InChI is InChI=1S/C33H42N4O3Si.C32H41N5O3Si/c1-23-29-30(36-22-35-23)27(20-34-29)28-19-18-24(37(28)31(38)40-32(2,3)4)21-39-41(33(5,6)7,25-14-10-8-11-15-25)26-16-12-9-13-17-26;1-31(2,3)40-30(38)37-22(17-18-26(37)25-19-34-28-27(25)35-21-36-29(28)33)20-39-41(32(4,5)6,23-13-9-7-10-14-23)24-15-11-8-12-16-24/h8-17,20,22,24,28,34H,18-19,21H2,1-7H3;7-16,19,21-22,26,34H,17-18,20H2,1-6H3,(H2,33,35,36)/t24-,28+;22-,26+/m00/s1. The zero-order chi connectivity index (χ0) is 58.8. The van der Waals surface area contributed by atoms with Crippen LogP contribution in [0.5, 0.6) is 0 Å². The number of aryl methyl sites for hydroxylation is 1. The number of nitrogen functional groups attached to an aromatic ring is 1. The number of carbonyl (C=O) groups is 2. The second-order valence-corrected chi connectivity index (χ2v) is 34.5. The maximum absolute atomic E-state index is 13.9. The van der Waals surface area contributed by atoms with E-state index < -0.39 is 27.8 Å². The number of anilines is 1. The van der Waals surface area contributed by atoms with E-state index in [2.05, 4.69) is 181 Å². The number of ether oxygens (including phenoxy) is 2. The number of aromatic nitrogens is 6. The van der Waals surface area contributed by atoms with Gasteiger partial charge in [-0.25, -0.2) is 29.5 Å². The van der Waals surface area contributed by atoms with Gasteiger partial charge in [-0.3, -0.25) is 9.80 Å². The van der Waals surface area contributed by atoms with Gasteiger partial charge in [0, 0.05) is 23.5 Å². The van der Waals surface area contributed by atoms with Crippen LogP contribution in [0, 0.1) is 6.92 Å². The number of aromatic amines is 2. The van der Waals surface area contributed by atoms with Crippen LogP contribution in [0.25, 0.3) is 22.1 Å². The van der Waals surface area contributed by atoms with Gasteiger partial charge in [-0.2, -0.15) is 0 Å². The second kappa shape index (κ2) is 23.6. The molecule has 17 heteroatoms. The Kier molecular flexibility index (Phi) is 17.1. The van der Waals surface area contributed by atoms with Crippen LogP contribution in [-0.4, -0.2) is 105 Å². The van der Waals surface area contributed by atoms with Crippen LogP contribution in [0.1, 0.15) is 138 Å². The van der Waals surface area contributed by atoms with Crippen molar-refractivity contribution in [2.24, 2.45) is 0 Å². The summed E-state index contributed by atoms with van der Waals surface area (Å²) in [5, 5.41) is 4.54. The summed E-state index contributed by atoms with van der Waals surface area (Å²) in [5.74, 6) is 0.384. The molecule has 15 nitrogen and oxygen atoms in total. The van der Waals surface area contributed by atoms with Crippen molar-refractivity contribution in [3.63, 3.8) is 0 Å². The van der Waals surface area contributed by atoms with Crippen LogP contribution in [0.2, 0.25) is 10.1 Å². The van der Waals surface area contributed by atoms with Crippen molar-refractivity contribution in [3.8, 4) is 0 Å². The molecule has 0 saturated carbocycles. The minimum atomic E-state index is -2.79. The van der Waals surface area contributed by atoms with Gasteiger partial charge >= 0.3 is 12.2 Å². The summed E-state index contributed by atoms with van der Waals surface area (Å²) >= 11 is 0. The Bertz CT molecular complexity index is 3140. The first-order chi connectivity index (χ1) is 38.8. The molecule has 0 aliphatic carbocycles. The molecule has 4 aromatic heterocycles. The Morgan fingerprint density at radius 1 is 0.512 bits per heavy atom. The summed E-state index contributed by atoms with van der Waals surface area (Å²) in [7, 11) is -5.56. The van der Waals surface area contributed by atoms with Crippen molar-refractivity contribution in [2.75, 3.05) is 18.9 Å². The van der Waals surface area contributed by atoms with Gasteiger partial charge in [0.2, 0.25) is 0 Å². The number of amides is 2. The van der Waals surface area contributed by atoms with Gasteiger partial charge in [0.15, 0.2) is 5.82 Å². The van der Waals surface area contributed by atoms with E-state index in [1.807, 2.05) is 82.8 Å². The first-order valence-electron chi connectivity index (χ1n) is 28.7. The number of carbonyl (C=O) groups excluding carboxylic acids is 2. The van der Waals surface area contributed by atoms with Crippen molar-refractivity contribution in [3.05, 3.63) is 163 Å². The number of hydrogen-bond donors (Lipinski definition) is 3. The molecule has 2 aliphatic rings. The molecule has 4 N–H and O–H groups in total. The fourth-order valence-electron chi connectivity index (χ4n) is 12.4. The van der Waals surface area contributed by atoms with Crippen molar-refractivity contribution >= 4 is 77.5 Å². The van der Waals surface area contributed by atoms with Crippen molar-refractivity contribution < 1.29 is 27.9 Å². The molecule has 8 aromatic rings. The average Bonchev–Trinajstić information content (AvgIpc) is 3.04. The molecule has 2 saturated heterocycles. The second-order valence-electron chi connectivity index (χ2n) is 25.9. The van der Waals surface area contributed by atoms with Gasteiger partial charge in [0.1, 0.15) is 29.4 Å². The third-order valence-corrected chi connectivity index (χ3v) is 26.0. The number of benzene rings is 4. The lowest BCUT2D eigenvalue weighted by atomic mass is 10.1. The van der Waals surface area contributed by atoms with Crippen LogP contribution in [0.15, 0.2) is 146 Å². The number of nitrogens with zero attached hydrogens (tertiary/aromatic N) is 6. The van der Waals surface area contributed by atoms with Gasteiger partial charge in [-0.15, -0.1) is 0 Å². The van der Waals surface area contributed by atoms with E-state index in [4.69, 9.17) is 24.1 Å². The zero-order valence-corrected chi connectivity index (χ0v) is 52.1. The van der Waals surface area contributed by atoms with Crippen LogP contribution in [0.4, 0.5) is 15.4 Å². The molecule has 0 spiro atoms. The Morgan fingerprint density at radius 3 is 1.21 bits per heavy atom. The van der Waals surface area contributed by atoms with Crippen LogP contribution >= 0.6 is 0 Å². The first kappa shape index (κ1) is 59.4. The number of H-pyrrole nitrogens is 2. The smallest absolute Gasteiger partial charge is 0.411 e. The molecular weight excluding hydrogens is 1060 g/mol. The number of rotatable bonds is 12. The summed E-state index contributed by atoms with van der Waals surface area (Å²) in [5.41, 5.74) is 10.8. The lowest BCUT2D eigenvalue weighted by Gasteiger charge is -2.44.